The number of nitrogens with one attached hydrogen (secondary N) is 1. The van der Waals surface area contributed by atoms with Gasteiger partial charge in [0.1, 0.15) is 0 Å². The minimum absolute atomic E-state index is 0.173. The molecule has 2 aromatic carbocycles. The molecule has 0 saturated carbocycles. The molecule has 9 rings (SSSR count). The number of carbonyl (C=O) groups is 2. The number of hydrogen-bond donors (Lipinski definition) is 1. The summed E-state index contributed by atoms with van der Waals surface area (Å²) in [5.41, 5.74) is 10.4. The fourth-order valence-corrected chi connectivity index (χ4v) is 13.5. The molecule has 0 radical (unpaired) electrons. The van der Waals surface area contributed by atoms with Crippen LogP contribution in [0.3, 0.4) is 0 Å². The number of aryl methyl sites for hydroxylation is 4. The predicted molar refractivity (Wildman–Crippen MR) is 257 cm³/mol. The number of hydrogen-bond acceptors (Lipinski definition) is 6. The summed E-state index contributed by atoms with van der Waals surface area (Å²) in [5, 5.41) is 5.05. The van der Waals surface area contributed by atoms with E-state index in [9.17, 15) is 9.59 Å². The number of ether oxygens (including phenoxy) is 1. The fraction of sp³-hybridized carbons (Fsp3) is 0.489. The summed E-state index contributed by atoms with van der Waals surface area (Å²) in [4.78, 5) is 38.5. The zero-order valence-corrected chi connectivity index (χ0v) is 42.2. The lowest BCUT2D eigenvalue weighted by atomic mass is 9.76. The lowest BCUT2D eigenvalue weighted by Crippen LogP contribution is -2.42. The molecule has 5 heterocycles. The maximum absolute atomic E-state index is 13.2. The van der Waals surface area contributed by atoms with E-state index in [0.717, 1.165) is 111 Å². The van der Waals surface area contributed by atoms with Gasteiger partial charge in [0.05, 0.1) is 18.5 Å². The topological polar surface area (TPSA) is 87.7 Å². The number of halogens is 6. The summed E-state index contributed by atoms with van der Waals surface area (Å²) < 4.78 is 9.08. The third-order valence-electron chi connectivity index (χ3n) is 13.6. The molecule has 2 amide bonds. The number of likely N-dealkylation sites (tertiary alicyclic amines) is 2. The van der Waals surface area contributed by atoms with Crippen molar-refractivity contribution >= 4 is 98.9 Å². The Bertz CT molecular complexity index is 2260. The zero-order chi connectivity index (χ0) is 42.8. The van der Waals surface area contributed by atoms with Crippen molar-refractivity contribution in [3.05, 3.63) is 121 Å². The number of benzene rings is 2. The summed E-state index contributed by atoms with van der Waals surface area (Å²) in [6, 6.07) is 12.8. The summed E-state index contributed by atoms with van der Waals surface area (Å²) >= 11 is 27.6. The molecule has 61 heavy (non-hydrogen) atoms. The molecule has 0 unspecified atom stereocenters. The highest BCUT2D eigenvalue weighted by atomic mass is 79.9. The molecule has 1 N–H and O–H groups in total. The smallest absolute Gasteiger partial charge is 0.409 e. The van der Waals surface area contributed by atoms with E-state index in [4.69, 9.17) is 37.9 Å². The number of aromatic nitrogens is 2. The Morgan fingerprint density at radius 1 is 0.656 bits per heavy atom. The van der Waals surface area contributed by atoms with Crippen LogP contribution in [0.25, 0.3) is 0 Å². The molecule has 8 nitrogen and oxygen atoms in total. The fourth-order valence-electron chi connectivity index (χ4n) is 10.5. The van der Waals surface area contributed by atoms with Crippen molar-refractivity contribution in [1.29, 1.82) is 0 Å². The molecule has 3 saturated heterocycles. The van der Waals surface area contributed by atoms with Crippen molar-refractivity contribution in [1.82, 2.24) is 25.1 Å². The van der Waals surface area contributed by atoms with Gasteiger partial charge in [-0.2, -0.15) is 0 Å². The summed E-state index contributed by atoms with van der Waals surface area (Å²) in [6.45, 7) is 5.05. The second-order valence-electron chi connectivity index (χ2n) is 17.2. The third kappa shape index (κ3) is 10.4. The Balaban J connectivity index is 0.000000184. The molecule has 2 aromatic heterocycles. The number of methoxy groups -OCH3 is 1. The van der Waals surface area contributed by atoms with Gasteiger partial charge >= 0.3 is 6.09 Å². The van der Waals surface area contributed by atoms with E-state index < -0.39 is 0 Å². The second kappa shape index (κ2) is 20.4. The molecule has 4 aromatic rings. The molecule has 3 fully saturated rings. The number of pyridine rings is 2. The third-order valence-corrected chi connectivity index (χ3v) is 16.2. The SMILES string of the molecule is COC(=O)N1CCC(CC(=O)N2CCC([C@H]3c4ncc(Br)cc4CCc4cc(Cl)cc(Br)c43)CC2)CC1.Clc1cc(Br)c2c(c1)CCc1cc(Br)cnc1[C@@H]2C1CCNCC1. The van der Waals surface area contributed by atoms with E-state index in [-0.39, 0.29) is 17.9 Å². The molecule has 2 atom stereocenters. The summed E-state index contributed by atoms with van der Waals surface area (Å²) in [6.07, 6.45) is 14.0. The standard InChI is InChI=1S/C28H32Br2ClN3O3.C19H19Br2ClN2/c1-37-28(36)34-8-4-17(5-9-34)12-24(35)33-10-6-18(7-11-33)26-25-19(14-22(31)15-23(25)30)2-3-20-13-21(29)16-32-27(20)26;20-14-7-13-2-1-12-8-15(22)9-16(21)17(12)18(19(13)24-10-14)11-3-5-23-6-4-11/h13-18,26H,2-12H2,1H3;7-11,18,23H,1-6H2/t26-;18-/m11/s1. The Morgan fingerprint density at radius 3 is 1.61 bits per heavy atom. The van der Waals surface area contributed by atoms with E-state index in [2.05, 4.69) is 93.3 Å². The zero-order valence-electron chi connectivity index (χ0n) is 34.3. The van der Waals surface area contributed by atoms with Gasteiger partial charge in [-0.1, -0.05) is 55.1 Å². The van der Waals surface area contributed by atoms with E-state index in [0.29, 0.717) is 43.2 Å². The van der Waals surface area contributed by atoms with Crippen LogP contribution < -0.4 is 5.32 Å². The van der Waals surface area contributed by atoms with Crippen LogP contribution in [0.4, 0.5) is 4.79 Å². The highest BCUT2D eigenvalue weighted by Gasteiger charge is 2.38. The van der Waals surface area contributed by atoms with Crippen molar-refractivity contribution in [2.24, 2.45) is 17.8 Å². The predicted octanol–water partition coefficient (Wildman–Crippen LogP) is 12.1. The first-order valence-corrected chi connectivity index (χ1v) is 25.5. The Kier molecular flexibility index (Phi) is 15.2. The van der Waals surface area contributed by atoms with Crippen LogP contribution in [-0.4, -0.2) is 78.1 Å². The molecule has 5 aliphatic rings. The number of fused-ring (bicyclic) bond motifs is 4. The number of carbonyl (C=O) groups excluding carboxylic acids is 2. The molecule has 0 bridgehead atoms. The normalized spacial score (nSPS) is 20.8. The molecule has 14 heteroatoms. The highest BCUT2D eigenvalue weighted by molar-refractivity contribution is 9.11. The minimum atomic E-state index is -0.274. The Hall–Kier alpha value is -2.06. The molecule has 0 spiro atoms. The minimum Gasteiger partial charge on any atom is -0.453 e. The molecule has 3 aliphatic heterocycles. The van der Waals surface area contributed by atoms with Gasteiger partial charge in [-0.25, -0.2) is 4.79 Å². The van der Waals surface area contributed by atoms with Crippen molar-refractivity contribution in [2.75, 3.05) is 46.4 Å². The van der Waals surface area contributed by atoms with Gasteiger partial charge in [0, 0.05) is 84.8 Å². The van der Waals surface area contributed by atoms with Gasteiger partial charge in [0.25, 0.3) is 0 Å². The highest BCUT2D eigenvalue weighted by Crippen LogP contribution is 2.48. The lowest BCUT2D eigenvalue weighted by Gasteiger charge is -2.38. The van der Waals surface area contributed by atoms with Crippen LogP contribution in [-0.2, 0) is 35.2 Å². The molecule has 2 aliphatic carbocycles. The van der Waals surface area contributed by atoms with Crippen molar-refractivity contribution in [2.45, 2.75) is 82.5 Å². The average Bonchev–Trinajstić information content (AvgIpc) is 3.52. The maximum atomic E-state index is 13.2. The van der Waals surface area contributed by atoms with Crippen molar-refractivity contribution < 1.29 is 14.3 Å². The first-order valence-electron chi connectivity index (χ1n) is 21.5. The average molecular weight is 1120 g/mol. The van der Waals surface area contributed by atoms with Crippen LogP contribution >= 0.6 is 86.9 Å². The number of piperidine rings is 3. The quantitative estimate of drug-likeness (QED) is 0.219. The van der Waals surface area contributed by atoms with E-state index in [1.54, 1.807) is 4.90 Å². The van der Waals surface area contributed by atoms with Crippen LogP contribution in [0.15, 0.2) is 66.7 Å². The van der Waals surface area contributed by atoms with E-state index >= 15 is 0 Å². The Labute approximate surface area is 403 Å². The summed E-state index contributed by atoms with van der Waals surface area (Å²) in [7, 11) is 1.41. The van der Waals surface area contributed by atoms with Crippen LogP contribution in [0, 0.1) is 17.8 Å². The maximum Gasteiger partial charge on any atom is 0.409 e. The summed E-state index contributed by atoms with van der Waals surface area (Å²) in [5.74, 6) is 2.11. The van der Waals surface area contributed by atoms with Gasteiger partial charge in [0.2, 0.25) is 5.91 Å². The van der Waals surface area contributed by atoms with Gasteiger partial charge in [-0.05, 0) is 197 Å². The first-order chi connectivity index (χ1) is 29.5. The molecule has 324 valence electrons. The van der Waals surface area contributed by atoms with Crippen LogP contribution in [0.2, 0.25) is 10.0 Å². The first kappa shape index (κ1) is 45.5. The van der Waals surface area contributed by atoms with Gasteiger partial charge in [-0.3, -0.25) is 14.8 Å². The lowest BCUT2D eigenvalue weighted by molar-refractivity contribution is -0.134. The van der Waals surface area contributed by atoms with Gasteiger partial charge in [0.15, 0.2) is 0 Å². The molecular formula is C47H51Br4Cl2N5O3. The van der Waals surface area contributed by atoms with E-state index in [1.165, 1.54) is 59.0 Å². The van der Waals surface area contributed by atoms with Crippen LogP contribution in [0.5, 0.6) is 0 Å². The monoisotopic (exact) mass is 1120 g/mol. The number of amides is 2. The number of nitrogens with zero attached hydrogens (tertiary/aromatic N) is 4. The van der Waals surface area contributed by atoms with E-state index in [1.807, 2.05) is 29.4 Å². The Morgan fingerprint density at radius 2 is 1.11 bits per heavy atom. The molecular weight excluding hydrogens is 1070 g/mol. The van der Waals surface area contributed by atoms with Crippen molar-refractivity contribution in [3.8, 4) is 0 Å². The number of rotatable bonds is 4. The van der Waals surface area contributed by atoms with Gasteiger partial charge < -0.3 is 19.9 Å². The second-order valence-corrected chi connectivity index (χ2v) is 21.6. The van der Waals surface area contributed by atoms with Crippen LogP contribution in [0.1, 0.15) is 102 Å². The van der Waals surface area contributed by atoms with Crippen molar-refractivity contribution in [3.63, 3.8) is 0 Å². The van der Waals surface area contributed by atoms with Gasteiger partial charge in [-0.15, -0.1) is 0 Å². The largest absolute Gasteiger partial charge is 0.453 e.